The van der Waals surface area contributed by atoms with E-state index in [1.54, 1.807) is 37.3 Å². The van der Waals surface area contributed by atoms with Gasteiger partial charge >= 0.3 is 11.9 Å². The Labute approximate surface area is 104 Å². The first-order valence-corrected chi connectivity index (χ1v) is 5.32. The molecule has 0 atom stereocenters. The average Bonchev–Trinajstić information content (AvgIpc) is 2.57. The van der Waals surface area contributed by atoms with Crippen molar-refractivity contribution in [3.63, 3.8) is 0 Å². The molecule has 5 heteroatoms. The second-order valence-corrected chi connectivity index (χ2v) is 3.72. The van der Waals surface area contributed by atoms with Crippen molar-refractivity contribution in [3.8, 4) is 5.75 Å². The number of hydrogen-bond acceptors (Lipinski definition) is 5. The summed E-state index contributed by atoms with van der Waals surface area (Å²) in [5.41, 5.74) is 0.937. The third-order valence-electron chi connectivity index (χ3n) is 2.15. The largest absolute Gasteiger partial charge is 0.427 e. The standard InChI is InChI=1S/C13H11NO4/c1-8-14-12(13(16)17-8)7-10-4-3-5-11(6-10)18-9(2)15/h3-7H,1-2H3. The van der Waals surface area contributed by atoms with E-state index in [9.17, 15) is 9.59 Å². The lowest BCUT2D eigenvalue weighted by Gasteiger charge is -2.01. The molecule has 1 heterocycles. The van der Waals surface area contributed by atoms with Crippen molar-refractivity contribution < 1.29 is 19.1 Å². The van der Waals surface area contributed by atoms with Gasteiger partial charge in [0.25, 0.3) is 0 Å². The minimum absolute atomic E-state index is 0.229. The Balaban J connectivity index is 2.27. The molecule has 0 aromatic heterocycles. The molecule has 0 fully saturated rings. The number of carbonyl (C=O) groups excluding carboxylic acids is 2. The number of rotatable bonds is 2. The molecule has 5 nitrogen and oxygen atoms in total. The molecular formula is C13H11NO4. The normalized spacial score (nSPS) is 16.4. The Kier molecular flexibility index (Phi) is 3.23. The van der Waals surface area contributed by atoms with E-state index < -0.39 is 11.9 Å². The lowest BCUT2D eigenvalue weighted by molar-refractivity contribution is -0.132. The highest BCUT2D eigenvalue weighted by molar-refractivity contribution is 6.06. The van der Waals surface area contributed by atoms with Crippen LogP contribution in [0, 0.1) is 0 Å². The van der Waals surface area contributed by atoms with Gasteiger partial charge in [0.15, 0.2) is 11.6 Å². The number of esters is 2. The van der Waals surface area contributed by atoms with Gasteiger partial charge in [-0.15, -0.1) is 0 Å². The first-order valence-electron chi connectivity index (χ1n) is 5.32. The first kappa shape index (κ1) is 12.0. The summed E-state index contributed by atoms with van der Waals surface area (Å²) in [6, 6.07) is 6.80. The van der Waals surface area contributed by atoms with E-state index in [1.165, 1.54) is 6.92 Å². The zero-order valence-corrected chi connectivity index (χ0v) is 9.97. The molecule has 0 radical (unpaired) electrons. The van der Waals surface area contributed by atoms with E-state index in [0.29, 0.717) is 17.2 Å². The van der Waals surface area contributed by atoms with Crippen LogP contribution < -0.4 is 4.74 Å². The Hall–Kier alpha value is -2.43. The topological polar surface area (TPSA) is 65.0 Å². The highest BCUT2D eigenvalue weighted by Crippen LogP contribution is 2.19. The monoisotopic (exact) mass is 245 g/mol. The maximum absolute atomic E-state index is 11.4. The maximum atomic E-state index is 11.4. The third kappa shape index (κ3) is 2.82. The van der Waals surface area contributed by atoms with Gasteiger partial charge in [0.2, 0.25) is 0 Å². The van der Waals surface area contributed by atoms with Crippen LogP contribution in [-0.2, 0) is 14.3 Å². The van der Waals surface area contributed by atoms with Crippen molar-refractivity contribution in [1.29, 1.82) is 0 Å². The fraction of sp³-hybridized carbons (Fsp3) is 0.154. The van der Waals surface area contributed by atoms with Gasteiger partial charge in [-0.2, -0.15) is 0 Å². The summed E-state index contributed by atoms with van der Waals surface area (Å²) in [7, 11) is 0. The van der Waals surface area contributed by atoms with Crippen molar-refractivity contribution in [2.75, 3.05) is 0 Å². The molecule has 0 N–H and O–H groups in total. The maximum Gasteiger partial charge on any atom is 0.363 e. The zero-order chi connectivity index (χ0) is 13.1. The molecule has 92 valence electrons. The molecule has 18 heavy (non-hydrogen) atoms. The number of aliphatic imine (C=N–C) groups is 1. The van der Waals surface area contributed by atoms with Crippen LogP contribution in [0.1, 0.15) is 19.4 Å². The molecular weight excluding hydrogens is 234 g/mol. The van der Waals surface area contributed by atoms with Crippen molar-refractivity contribution in [1.82, 2.24) is 0 Å². The van der Waals surface area contributed by atoms with Crippen molar-refractivity contribution in [2.45, 2.75) is 13.8 Å². The van der Waals surface area contributed by atoms with Crippen molar-refractivity contribution in [3.05, 3.63) is 35.5 Å². The zero-order valence-electron chi connectivity index (χ0n) is 9.97. The highest BCUT2D eigenvalue weighted by Gasteiger charge is 2.19. The number of hydrogen-bond donors (Lipinski definition) is 0. The van der Waals surface area contributed by atoms with Crippen LogP contribution >= 0.6 is 0 Å². The van der Waals surface area contributed by atoms with Crippen LogP contribution in [0.3, 0.4) is 0 Å². The number of nitrogens with zero attached hydrogens (tertiary/aromatic N) is 1. The Morgan fingerprint density at radius 3 is 2.83 bits per heavy atom. The predicted molar refractivity (Wildman–Crippen MR) is 64.9 cm³/mol. The number of ether oxygens (including phenoxy) is 2. The summed E-state index contributed by atoms with van der Waals surface area (Å²) < 4.78 is 9.75. The summed E-state index contributed by atoms with van der Waals surface area (Å²) in [4.78, 5) is 26.1. The SMILES string of the molecule is CC(=O)Oc1cccc(C=C2N=C(C)OC2=O)c1. The molecule has 1 aliphatic rings. The van der Waals surface area contributed by atoms with Gasteiger partial charge in [-0.3, -0.25) is 4.79 Å². The predicted octanol–water partition coefficient (Wildman–Crippen LogP) is 1.93. The number of benzene rings is 1. The molecule has 1 aromatic carbocycles. The van der Waals surface area contributed by atoms with Crippen LogP contribution in [0.5, 0.6) is 5.75 Å². The minimum atomic E-state index is -0.481. The third-order valence-corrected chi connectivity index (χ3v) is 2.15. The lowest BCUT2D eigenvalue weighted by Crippen LogP contribution is -2.01. The molecule has 1 aromatic rings. The average molecular weight is 245 g/mol. The van der Waals surface area contributed by atoms with E-state index in [0.717, 1.165) is 0 Å². The highest BCUT2D eigenvalue weighted by atomic mass is 16.6. The fourth-order valence-electron chi connectivity index (χ4n) is 1.51. The molecule has 0 spiro atoms. The fourth-order valence-corrected chi connectivity index (χ4v) is 1.51. The van der Waals surface area contributed by atoms with Crippen molar-refractivity contribution >= 4 is 23.9 Å². The molecule has 2 rings (SSSR count). The van der Waals surface area contributed by atoms with Crippen molar-refractivity contribution in [2.24, 2.45) is 4.99 Å². The lowest BCUT2D eigenvalue weighted by atomic mass is 10.2. The Morgan fingerprint density at radius 2 is 2.22 bits per heavy atom. The minimum Gasteiger partial charge on any atom is -0.427 e. The van der Waals surface area contributed by atoms with E-state index in [-0.39, 0.29) is 5.70 Å². The van der Waals surface area contributed by atoms with Gasteiger partial charge in [-0.05, 0) is 23.8 Å². The molecule has 0 amide bonds. The number of cyclic esters (lactones) is 1. The molecule has 0 unspecified atom stereocenters. The van der Waals surface area contributed by atoms with Crippen LogP contribution in [0.15, 0.2) is 35.0 Å². The summed E-state index contributed by atoms with van der Waals surface area (Å²) in [6.07, 6.45) is 1.58. The van der Waals surface area contributed by atoms with Gasteiger partial charge < -0.3 is 9.47 Å². The van der Waals surface area contributed by atoms with Gasteiger partial charge in [0, 0.05) is 13.8 Å². The van der Waals surface area contributed by atoms with E-state index in [1.807, 2.05) is 0 Å². The Bertz CT molecular complexity index is 572. The van der Waals surface area contributed by atoms with Crippen LogP contribution in [0.4, 0.5) is 0 Å². The van der Waals surface area contributed by atoms with Gasteiger partial charge in [0.1, 0.15) is 5.75 Å². The summed E-state index contributed by atoms with van der Waals surface area (Å²) in [6.45, 7) is 2.93. The second kappa shape index (κ2) is 4.83. The van der Waals surface area contributed by atoms with E-state index >= 15 is 0 Å². The van der Waals surface area contributed by atoms with Gasteiger partial charge in [0.05, 0.1) is 0 Å². The van der Waals surface area contributed by atoms with Crippen LogP contribution in [0.25, 0.3) is 6.08 Å². The molecule has 0 saturated heterocycles. The number of carbonyl (C=O) groups is 2. The summed E-state index contributed by atoms with van der Waals surface area (Å²) in [5, 5.41) is 0. The van der Waals surface area contributed by atoms with Gasteiger partial charge in [-0.25, -0.2) is 9.79 Å². The first-order chi connectivity index (χ1) is 8.54. The van der Waals surface area contributed by atoms with Gasteiger partial charge in [-0.1, -0.05) is 12.1 Å². The quantitative estimate of drug-likeness (QED) is 0.453. The molecule has 0 aliphatic carbocycles. The van der Waals surface area contributed by atoms with Crippen LogP contribution in [-0.4, -0.2) is 17.8 Å². The molecule has 1 aliphatic heterocycles. The van der Waals surface area contributed by atoms with Crippen LogP contribution in [0.2, 0.25) is 0 Å². The summed E-state index contributed by atoms with van der Waals surface area (Å²) in [5.74, 6) is -0.134. The van der Waals surface area contributed by atoms with E-state index in [2.05, 4.69) is 4.99 Å². The Morgan fingerprint density at radius 1 is 1.44 bits per heavy atom. The molecule has 0 saturated carbocycles. The molecule has 0 bridgehead atoms. The van der Waals surface area contributed by atoms with E-state index in [4.69, 9.17) is 9.47 Å². The second-order valence-electron chi connectivity index (χ2n) is 3.72. The smallest absolute Gasteiger partial charge is 0.363 e. The summed E-state index contributed by atoms with van der Waals surface area (Å²) >= 11 is 0.